The summed E-state index contributed by atoms with van der Waals surface area (Å²) in [6.07, 6.45) is 4.86. The van der Waals surface area contributed by atoms with Crippen LogP contribution in [0.3, 0.4) is 0 Å². The molecule has 0 atom stereocenters. The van der Waals surface area contributed by atoms with E-state index in [0.717, 1.165) is 32.4 Å². The highest BCUT2D eigenvalue weighted by molar-refractivity contribution is 6.02. The lowest BCUT2D eigenvalue weighted by atomic mass is 9.95. The summed E-state index contributed by atoms with van der Waals surface area (Å²) in [5.41, 5.74) is 1.25. The van der Waals surface area contributed by atoms with Gasteiger partial charge in [-0.3, -0.25) is 4.79 Å². The van der Waals surface area contributed by atoms with Gasteiger partial charge in [-0.05, 0) is 52.6 Å². The fourth-order valence-corrected chi connectivity index (χ4v) is 3.44. The van der Waals surface area contributed by atoms with E-state index in [2.05, 4.69) is 66.5 Å². The molecule has 3 heteroatoms. The summed E-state index contributed by atoms with van der Waals surface area (Å²) in [7, 11) is 0. The predicted octanol–water partition coefficient (Wildman–Crippen LogP) is 5.02. The first kappa shape index (κ1) is 19.1. The number of rotatable bonds is 10. The molecular formula is C24H27NO2. The zero-order valence-corrected chi connectivity index (χ0v) is 15.7. The first-order valence-corrected chi connectivity index (χ1v) is 9.66. The molecule has 27 heavy (non-hydrogen) atoms. The third-order valence-corrected chi connectivity index (χ3v) is 4.77. The Bertz CT molecular complexity index is 863. The molecule has 3 aromatic rings. The van der Waals surface area contributed by atoms with Gasteiger partial charge < -0.3 is 10.1 Å². The number of hydrogen-bond acceptors (Lipinski definition) is 3. The molecular weight excluding hydrogens is 334 g/mol. The molecule has 0 aliphatic heterocycles. The summed E-state index contributed by atoms with van der Waals surface area (Å²) in [5.74, 6) is -0.108. The van der Waals surface area contributed by atoms with Crippen molar-refractivity contribution < 1.29 is 9.53 Å². The largest absolute Gasteiger partial charge is 0.465 e. The third kappa shape index (κ3) is 5.18. The van der Waals surface area contributed by atoms with E-state index in [-0.39, 0.29) is 5.97 Å². The Hall–Kier alpha value is -2.65. The fraction of sp³-hybridized carbons (Fsp3) is 0.292. The Morgan fingerprint density at radius 2 is 1.67 bits per heavy atom. The summed E-state index contributed by atoms with van der Waals surface area (Å²) >= 11 is 0. The SMILES string of the molecule is C=CCNCCCCC(=O)OCCc1c2ccccc2cc2ccccc12. The van der Waals surface area contributed by atoms with Crippen molar-refractivity contribution in [1.82, 2.24) is 5.32 Å². The van der Waals surface area contributed by atoms with Gasteiger partial charge in [0.05, 0.1) is 6.61 Å². The number of esters is 1. The van der Waals surface area contributed by atoms with E-state index in [0.29, 0.717) is 13.0 Å². The average molecular weight is 361 g/mol. The molecule has 0 heterocycles. The molecule has 0 radical (unpaired) electrons. The number of carbonyl (C=O) groups excluding carboxylic acids is 1. The van der Waals surface area contributed by atoms with Gasteiger partial charge in [0.25, 0.3) is 0 Å². The van der Waals surface area contributed by atoms with Gasteiger partial charge in [-0.25, -0.2) is 0 Å². The maximum atomic E-state index is 12.0. The van der Waals surface area contributed by atoms with Crippen LogP contribution >= 0.6 is 0 Å². The minimum absolute atomic E-state index is 0.108. The summed E-state index contributed by atoms with van der Waals surface area (Å²) in [6, 6.07) is 19.0. The number of carbonyl (C=O) groups is 1. The van der Waals surface area contributed by atoms with Crippen LogP contribution < -0.4 is 5.32 Å². The number of unbranched alkanes of at least 4 members (excludes halogenated alkanes) is 1. The summed E-state index contributed by atoms with van der Waals surface area (Å²) < 4.78 is 5.50. The van der Waals surface area contributed by atoms with E-state index in [4.69, 9.17) is 4.74 Å². The zero-order chi connectivity index (χ0) is 18.9. The van der Waals surface area contributed by atoms with Crippen molar-refractivity contribution >= 4 is 27.5 Å². The van der Waals surface area contributed by atoms with Crippen molar-refractivity contribution in [1.29, 1.82) is 0 Å². The summed E-state index contributed by atoms with van der Waals surface area (Å²) in [4.78, 5) is 12.0. The van der Waals surface area contributed by atoms with Crippen molar-refractivity contribution in [3.05, 3.63) is 72.8 Å². The van der Waals surface area contributed by atoms with E-state index < -0.39 is 0 Å². The number of fused-ring (bicyclic) bond motifs is 2. The molecule has 3 nitrogen and oxygen atoms in total. The van der Waals surface area contributed by atoms with Crippen LogP contribution in [0.2, 0.25) is 0 Å². The average Bonchev–Trinajstić information content (AvgIpc) is 2.70. The number of benzene rings is 3. The maximum absolute atomic E-state index is 12.0. The van der Waals surface area contributed by atoms with Gasteiger partial charge in [0, 0.05) is 19.4 Å². The van der Waals surface area contributed by atoms with Gasteiger partial charge in [-0.15, -0.1) is 6.58 Å². The predicted molar refractivity (Wildman–Crippen MR) is 113 cm³/mol. The van der Waals surface area contributed by atoms with Crippen molar-refractivity contribution in [2.45, 2.75) is 25.7 Å². The van der Waals surface area contributed by atoms with Gasteiger partial charge in [0.2, 0.25) is 0 Å². The standard InChI is InChI=1S/C24H27NO2/c1-2-15-25-16-8-7-13-24(26)27-17-14-23-21-11-5-3-9-19(21)18-20-10-4-6-12-22(20)23/h2-6,9-12,18,25H,1,7-8,13-17H2. The van der Waals surface area contributed by atoms with Crippen molar-refractivity contribution in [3.63, 3.8) is 0 Å². The molecule has 0 saturated carbocycles. The van der Waals surface area contributed by atoms with Gasteiger partial charge in [0.1, 0.15) is 0 Å². The number of ether oxygens (including phenoxy) is 1. The van der Waals surface area contributed by atoms with Gasteiger partial charge >= 0.3 is 5.97 Å². The molecule has 0 unspecified atom stereocenters. The van der Waals surface area contributed by atoms with Crippen LogP contribution in [-0.2, 0) is 16.0 Å². The Labute approximate surface area is 161 Å². The molecule has 0 saturated heterocycles. The second-order valence-electron chi connectivity index (χ2n) is 6.72. The first-order valence-electron chi connectivity index (χ1n) is 9.66. The lowest BCUT2D eigenvalue weighted by molar-refractivity contribution is -0.143. The number of nitrogens with one attached hydrogen (secondary N) is 1. The number of hydrogen-bond donors (Lipinski definition) is 1. The van der Waals surface area contributed by atoms with E-state index >= 15 is 0 Å². The minimum atomic E-state index is -0.108. The van der Waals surface area contributed by atoms with Gasteiger partial charge in [-0.2, -0.15) is 0 Å². The van der Waals surface area contributed by atoms with Crippen molar-refractivity contribution in [2.75, 3.05) is 19.7 Å². The highest BCUT2D eigenvalue weighted by Gasteiger charge is 2.09. The van der Waals surface area contributed by atoms with Crippen molar-refractivity contribution in [2.24, 2.45) is 0 Å². The summed E-state index contributed by atoms with van der Waals surface area (Å²) in [6.45, 7) is 5.80. The Morgan fingerprint density at radius 1 is 1.00 bits per heavy atom. The van der Waals surface area contributed by atoms with Crippen molar-refractivity contribution in [3.8, 4) is 0 Å². The molecule has 1 N–H and O–H groups in total. The quantitative estimate of drug-likeness (QED) is 0.238. The van der Waals surface area contributed by atoms with E-state index in [1.54, 1.807) is 0 Å². The third-order valence-electron chi connectivity index (χ3n) is 4.77. The molecule has 140 valence electrons. The normalized spacial score (nSPS) is 11.0. The topological polar surface area (TPSA) is 38.3 Å². The van der Waals surface area contributed by atoms with Crippen LogP contribution in [0.4, 0.5) is 0 Å². The molecule has 3 aromatic carbocycles. The molecule has 0 aromatic heterocycles. The van der Waals surface area contributed by atoms with Crippen LogP contribution in [0.15, 0.2) is 67.3 Å². The molecule has 3 rings (SSSR count). The van der Waals surface area contributed by atoms with Crippen LogP contribution in [0.25, 0.3) is 21.5 Å². The van der Waals surface area contributed by atoms with E-state index in [1.807, 2.05) is 6.08 Å². The van der Waals surface area contributed by atoms with E-state index in [1.165, 1.54) is 27.1 Å². The monoisotopic (exact) mass is 361 g/mol. The molecule has 0 fully saturated rings. The van der Waals surface area contributed by atoms with Crippen LogP contribution in [0.1, 0.15) is 24.8 Å². The second kappa shape index (κ2) is 9.89. The molecule has 0 aliphatic rings. The minimum Gasteiger partial charge on any atom is -0.465 e. The first-order chi connectivity index (χ1) is 13.3. The van der Waals surface area contributed by atoms with Gasteiger partial charge in [0.15, 0.2) is 0 Å². The Kier molecular flexibility index (Phi) is 7.00. The summed E-state index contributed by atoms with van der Waals surface area (Å²) in [5, 5.41) is 8.16. The van der Waals surface area contributed by atoms with Crippen LogP contribution in [0, 0.1) is 0 Å². The highest BCUT2D eigenvalue weighted by atomic mass is 16.5. The smallest absolute Gasteiger partial charge is 0.305 e. The Balaban J connectivity index is 1.58. The van der Waals surface area contributed by atoms with E-state index in [9.17, 15) is 4.79 Å². The molecule has 0 bridgehead atoms. The van der Waals surface area contributed by atoms with Gasteiger partial charge in [-0.1, -0.05) is 54.6 Å². The van der Waals surface area contributed by atoms with Crippen LogP contribution in [-0.4, -0.2) is 25.7 Å². The molecule has 0 spiro atoms. The lowest BCUT2D eigenvalue weighted by Gasteiger charge is -2.12. The molecule has 0 aliphatic carbocycles. The Morgan fingerprint density at radius 3 is 2.33 bits per heavy atom. The lowest BCUT2D eigenvalue weighted by Crippen LogP contribution is -2.15. The maximum Gasteiger partial charge on any atom is 0.305 e. The fourth-order valence-electron chi connectivity index (χ4n) is 3.44. The highest BCUT2D eigenvalue weighted by Crippen LogP contribution is 2.28. The van der Waals surface area contributed by atoms with Crippen LogP contribution in [0.5, 0.6) is 0 Å². The zero-order valence-electron chi connectivity index (χ0n) is 15.7. The second-order valence-corrected chi connectivity index (χ2v) is 6.72. The molecule has 0 amide bonds.